The van der Waals surface area contributed by atoms with Gasteiger partial charge in [-0.3, -0.25) is 0 Å². The lowest BCUT2D eigenvalue weighted by atomic mass is 10.0. The molecule has 0 bridgehead atoms. The maximum Gasteiger partial charge on any atom is 0.409 e. The summed E-state index contributed by atoms with van der Waals surface area (Å²) in [6, 6.07) is 0. The average Bonchev–Trinajstić information content (AvgIpc) is 1.92. The normalized spacial score (nSPS) is 18.2. The summed E-state index contributed by atoms with van der Waals surface area (Å²) in [6.45, 7) is 0.972. The quantitative estimate of drug-likeness (QED) is 0.625. The number of nitrogens with zero attached hydrogens (tertiary/aromatic N) is 1. The third-order valence-electron chi connectivity index (χ3n) is 1.93. The van der Waals surface area contributed by atoms with E-state index < -0.39 is 9.84 Å². The number of carbonyl (C=O) groups is 1. The first kappa shape index (κ1) is 10.3. The van der Waals surface area contributed by atoms with E-state index in [1.807, 2.05) is 0 Å². The molecule has 0 unspecified atom stereocenters. The lowest BCUT2D eigenvalue weighted by molar-refractivity contribution is 0.0743. The molecule has 76 valence electrons. The van der Waals surface area contributed by atoms with Crippen LogP contribution >= 0.6 is 0 Å². The Morgan fingerprint density at radius 3 is 2.46 bits per heavy atom. The number of likely N-dealkylation sites (tertiary alicyclic amines) is 1. The highest BCUT2D eigenvalue weighted by molar-refractivity contribution is 7.90. The summed E-state index contributed by atoms with van der Waals surface area (Å²) in [7, 11) is -1.61. The molecule has 5 nitrogen and oxygen atoms in total. The van der Waals surface area contributed by atoms with Crippen LogP contribution < -0.4 is 0 Å². The highest BCUT2D eigenvalue weighted by atomic mass is 32.2. The fourth-order valence-corrected chi connectivity index (χ4v) is 2.45. The Morgan fingerprint density at radius 2 is 2.08 bits per heavy atom. The van der Waals surface area contributed by atoms with Crippen LogP contribution in [-0.4, -0.2) is 51.6 Å². The predicted octanol–water partition coefficient (Wildman–Crippen LogP) is -0.271. The molecule has 1 fully saturated rings. The second-order valence-electron chi connectivity index (χ2n) is 3.33. The lowest BCUT2D eigenvalue weighted by Crippen LogP contribution is -2.52. The largest absolute Gasteiger partial charge is 0.453 e. The second kappa shape index (κ2) is 3.53. The lowest BCUT2D eigenvalue weighted by Gasteiger charge is -2.37. The summed E-state index contributed by atoms with van der Waals surface area (Å²) in [5.74, 6) is 0.231. The Labute approximate surface area is 77.6 Å². The molecule has 0 radical (unpaired) electrons. The van der Waals surface area contributed by atoms with Crippen LogP contribution in [0.1, 0.15) is 0 Å². The van der Waals surface area contributed by atoms with Crippen molar-refractivity contribution in [3.8, 4) is 0 Å². The van der Waals surface area contributed by atoms with Crippen molar-refractivity contribution < 1.29 is 17.9 Å². The maximum absolute atomic E-state index is 10.9. The van der Waals surface area contributed by atoms with Gasteiger partial charge in [0.25, 0.3) is 0 Å². The van der Waals surface area contributed by atoms with Gasteiger partial charge in [0.15, 0.2) is 0 Å². The standard InChI is InChI=1S/C7H13NO4S/c1-12-7(9)8-3-6(4-8)5-13(2,10)11/h6H,3-5H2,1-2H3. The van der Waals surface area contributed by atoms with Crippen LogP contribution in [0.3, 0.4) is 0 Å². The highest BCUT2D eigenvalue weighted by Crippen LogP contribution is 2.17. The number of ether oxygens (including phenoxy) is 1. The Morgan fingerprint density at radius 1 is 1.54 bits per heavy atom. The number of sulfone groups is 1. The molecule has 0 N–H and O–H groups in total. The van der Waals surface area contributed by atoms with Gasteiger partial charge in [-0.25, -0.2) is 13.2 Å². The fourth-order valence-electron chi connectivity index (χ4n) is 1.38. The number of rotatable bonds is 2. The van der Waals surface area contributed by atoms with E-state index in [9.17, 15) is 13.2 Å². The van der Waals surface area contributed by atoms with Gasteiger partial charge < -0.3 is 9.64 Å². The van der Waals surface area contributed by atoms with Gasteiger partial charge in [0.2, 0.25) is 0 Å². The van der Waals surface area contributed by atoms with Gasteiger partial charge in [-0.2, -0.15) is 0 Å². The first-order valence-corrected chi connectivity index (χ1v) is 5.99. The molecule has 0 aromatic rings. The molecule has 6 heteroatoms. The van der Waals surface area contributed by atoms with Gasteiger partial charge >= 0.3 is 6.09 Å². The maximum atomic E-state index is 10.9. The van der Waals surface area contributed by atoms with Crippen LogP contribution in [0.15, 0.2) is 0 Å². The Kier molecular flexibility index (Phi) is 2.80. The zero-order valence-corrected chi connectivity index (χ0v) is 8.50. The molecule has 0 aliphatic carbocycles. The van der Waals surface area contributed by atoms with Crippen molar-refractivity contribution >= 4 is 15.9 Å². The molecule has 1 amide bonds. The molecule has 0 saturated carbocycles. The van der Waals surface area contributed by atoms with Crippen molar-refractivity contribution in [3.05, 3.63) is 0 Å². The van der Waals surface area contributed by atoms with E-state index in [0.717, 1.165) is 0 Å². The Balaban J connectivity index is 2.30. The summed E-state index contributed by atoms with van der Waals surface area (Å²) in [6.07, 6.45) is 0.818. The minimum absolute atomic E-state index is 0.0779. The van der Waals surface area contributed by atoms with E-state index in [-0.39, 0.29) is 17.8 Å². The minimum atomic E-state index is -2.92. The van der Waals surface area contributed by atoms with Crippen LogP contribution in [0.4, 0.5) is 4.79 Å². The van der Waals surface area contributed by atoms with Crippen molar-refractivity contribution in [1.82, 2.24) is 4.90 Å². The van der Waals surface area contributed by atoms with Crippen LogP contribution in [0.25, 0.3) is 0 Å². The Hall–Kier alpha value is -0.780. The van der Waals surface area contributed by atoms with Crippen LogP contribution in [0.5, 0.6) is 0 Å². The van der Waals surface area contributed by atoms with Gasteiger partial charge in [-0.05, 0) is 0 Å². The van der Waals surface area contributed by atoms with Gasteiger partial charge in [0, 0.05) is 25.3 Å². The van der Waals surface area contributed by atoms with Crippen molar-refractivity contribution in [1.29, 1.82) is 0 Å². The summed E-state index contributed by atoms with van der Waals surface area (Å²) in [5, 5.41) is 0. The third-order valence-corrected chi connectivity index (χ3v) is 3.01. The van der Waals surface area contributed by atoms with Gasteiger partial charge in [-0.15, -0.1) is 0 Å². The van der Waals surface area contributed by atoms with Gasteiger partial charge in [0.05, 0.1) is 12.9 Å². The SMILES string of the molecule is COC(=O)N1CC(CS(C)(=O)=O)C1. The first-order chi connectivity index (χ1) is 5.92. The van der Waals surface area contributed by atoms with E-state index in [4.69, 9.17) is 0 Å². The molecule has 1 aliphatic rings. The Bertz CT molecular complexity index is 292. The molecule has 0 aromatic heterocycles. The van der Waals surface area contributed by atoms with E-state index in [1.54, 1.807) is 0 Å². The molecule has 0 spiro atoms. The topological polar surface area (TPSA) is 63.7 Å². The second-order valence-corrected chi connectivity index (χ2v) is 5.52. The minimum Gasteiger partial charge on any atom is -0.453 e. The molecule has 13 heavy (non-hydrogen) atoms. The number of amides is 1. The summed E-state index contributed by atoms with van der Waals surface area (Å²) >= 11 is 0. The first-order valence-electron chi connectivity index (χ1n) is 3.93. The van der Waals surface area contributed by atoms with Gasteiger partial charge in [0.1, 0.15) is 9.84 Å². The predicted molar refractivity (Wildman–Crippen MR) is 47.2 cm³/mol. The van der Waals surface area contributed by atoms with Crippen molar-refractivity contribution in [3.63, 3.8) is 0 Å². The zero-order chi connectivity index (χ0) is 10.1. The summed E-state index contributed by atoms with van der Waals surface area (Å²) < 4.78 is 26.2. The summed E-state index contributed by atoms with van der Waals surface area (Å²) in [5.41, 5.74) is 0. The molecule has 0 atom stereocenters. The zero-order valence-electron chi connectivity index (χ0n) is 7.69. The molecule has 1 heterocycles. The molecular formula is C7H13NO4S. The van der Waals surface area contributed by atoms with E-state index in [0.29, 0.717) is 13.1 Å². The number of hydrogen-bond donors (Lipinski definition) is 0. The number of hydrogen-bond acceptors (Lipinski definition) is 4. The summed E-state index contributed by atoms with van der Waals surface area (Å²) in [4.78, 5) is 12.3. The van der Waals surface area contributed by atoms with Crippen molar-refractivity contribution in [2.45, 2.75) is 0 Å². The average molecular weight is 207 g/mol. The number of methoxy groups -OCH3 is 1. The van der Waals surface area contributed by atoms with Crippen molar-refractivity contribution in [2.24, 2.45) is 5.92 Å². The van der Waals surface area contributed by atoms with Gasteiger partial charge in [-0.1, -0.05) is 0 Å². The molecular weight excluding hydrogens is 194 g/mol. The van der Waals surface area contributed by atoms with Crippen LogP contribution in [0.2, 0.25) is 0 Å². The monoisotopic (exact) mass is 207 g/mol. The van der Waals surface area contributed by atoms with Crippen molar-refractivity contribution in [2.75, 3.05) is 32.2 Å². The molecule has 0 aromatic carbocycles. The van der Waals surface area contributed by atoms with E-state index in [1.165, 1.54) is 18.3 Å². The molecule has 1 rings (SSSR count). The highest BCUT2D eigenvalue weighted by Gasteiger charge is 2.33. The van der Waals surface area contributed by atoms with E-state index >= 15 is 0 Å². The van der Waals surface area contributed by atoms with Crippen LogP contribution in [-0.2, 0) is 14.6 Å². The smallest absolute Gasteiger partial charge is 0.409 e. The molecule has 1 aliphatic heterocycles. The molecule has 1 saturated heterocycles. The van der Waals surface area contributed by atoms with Crippen LogP contribution in [0, 0.1) is 5.92 Å². The fraction of sp³-hybridized carbons (Fsp3) is 0.857. The number of carbonyl (C=O) groups excluding carboxylic acids is 1. The third kappa shape index (κ3) is 2.87. The van der Waals surface area contributed by atoms with E-state index in [2.05, 4.69) is 4.74 Å².